The fourth-order valence-corrected chi connectivity index (χ4v) is 4.57. The Bertz CT molecular complexity index is 1030. The van der Waals surface area contributed by atoms with Gasteiger partial charge in [-0.15, -0.1) is 0 Å². The van der Waals surface area contributed by atoms with Gasteiger partial charge in [0.1, 0.15) is 5.92 Å². The number of carbonyl (C=O) groups is 3. The van der Waals surface area contributed by atoms with Crippen LogP contribution in [0.25, 0.3) is 0 Å². The number of methoxy groups -OCH3 is 3. The first-order valence-corrected chi connectivity index (χ1v) is 10.6. The molecule has 0 unspecified atom stereocenters. The minimum absolute atomic E-state index is 0.118. The van der Waals surface area contributed by atoms with Gasteiger partial charge < -0.3 is 29.4 Å². The average Bonchev–Trinajstić information content (AvgIpc) is 2.78. The lowest BCUT2D eigenvalue weighted by molar-refractivity contribution is -0.151. The SMILES string of the molecule is CCOC(=O)C1=C(C)NC2=C(C(=O)[C@@H](C(=O)OC)[C@H](C)C2)[C@H]1c1cc(OC)c(O)c(OC)c1. The lowest BCUT2D eigenvalue weighted by atomic mass is 9.69. The van der Waals surface area contributed by atoms with Crippen molar-refractivity contribution in [1.82, 2.24) is 5.32 Å². The number of ether oxygens (including phenoxy) is 4. The molecule has 178 valence electrons. The van der Waals surface area contributed by atoms with Crippen LogP contribution in [0.3, 0.4) is 0 Å². The number of carbonyl (C=O) groups excluding carboxylic acids is 3. The standard InChI is InChI=1S/C24H29NO8/c1-7-33-24(29)18-12(3)25-14-8-11(2)17(23(28)32-6)22(27)20(14)19(18)13-9-15(30-4)21(26)16(10-13)31-5/h9-11,17,19,25-26H,7-8H2,1-6H3/t11-,17+,19+/m1/s1. The van der Waals surface area contributed by atoms with Gasteiger partial charge in [0.25, 0.3) is 0 Å². The van der Waals surface area contributed by atoms with Crippen molar-refractivity contribution in [1.29, 1.82) is 0 Å². The van der Waals surface area contributed by atoms with E-state index < -0.39 is 29.6 Å². The highest BCUT2D eigenvalue weighted by atomic mass is 16.5. The first-order valence-electron chi connectivity index (χ1n) is 10.6. The molecule has 0 amide bonds. The Labute approximate surface area is 192 Å². The molecule has 2 N–H and O–H groups in total. The summed E-state index contributed by atoms with van der Waals surface area (Å²) in [4.78, 5) is 39.2. The Balaban J connectivity index is 2.28. The van der Waals surface area contributed by atoms with Crippen molar-refractivity contribution < 1.29 is 38.4 Å². The van der Waals surface area contributed by atoms with Gasteiger partial charge in [-0.3, -0.25) is 9.59 Å². The number of phenols is 1. The van der Waals surface area contributed by atoms with E-state index in [4.69, 9.17) is 18.9 Å². The van der Waals surface area contributed by atoms with E-state index in [-0.39, 0.29) is 40.9 Å². The molecule has 1 aliphatic carbocycles. The van der Waals surface area contributed by atoms with E-state index in [1.54, 1.807) is 26.0 Å². The summed E-state index contributed by atoms with van der Waals surface area (Å²) in [5.74, 6) is -3.77. The number of phenolic OH excluding ortho intramolecular Hbond substituents is 1. The summed E-state index contributed by atoms with van der Waals surface area (Å²) in [6.45, 7) is 5.38. The third-order valence-corrected chi connectivity index (χ3v) is 6.07. The first kappa shape index (κ1) is 24.2. The zero-order chi connectivity index (χ0) is 24.4. The second-order valence-electron chi connectivity index (χ2n) is 8.03. The molecule has 0 radical (unpaired) electrons. The first-order chi connectivity index (χ1) is 15.7. The molecule has 1 heterocycles. The molecular formula is C24H29NO8. The molecule has 0 aromatic heterocycles. The fourth-order valence-electron chi connectivity index (χ4n) is 4.57. The van der Waals surface area contributed by atoms with Gasteiger partial charge in [-0.05, 0) is 43.9 Å². The smallest absolute Gasteiger partial charge is 0.336 e. The van der Waals surface area contributed by atoms with E-state index in [0.717, 1.165) is 0 Å². The number of allylic oxidation sites excluding steroid dienone is 3. The van der Waals surface area contributed by atoms with Crippen molar-refractivity contribution in [3.8, 4) is 17.2 Å². The summed E-state index contributed by atoms with van der Waals surface area (Å²) in [6.07, 6.45) is 0.414. The number of hydrogen-bond acceptors (Lipinski definition) is 9. The molecule has 0 fully saturated rings. The molecule has 1 aromatic rings. The fraction of sp³-hybridized carbons (Fsp3) is 0.458. The number of nitrogens with one attached hydrogen (secondary N) is 1. The van der Waals surface area contributed by atoms with Crippen LogP contribution in [0.15, 0.2) is 34.7 Å². The van der Waals surface area contributed by atoms with Gasteiger partial charge in [-0.1, -0.05) is 6.92 Å². The summed E-state index contributed by atoms with van der Waals surface area (Å²) in [6, 6.07) is 3.09. The van der Waals surface area contributed by atoms with Gasteiger partial charge >= 0.3 is 11.9 Å². The van der Waals surface area contributed by atoms with Gasteiger partial charge in [0.15, 0.2) is 17.3 Å². The monoisotopic (exact) mass is 459 g/mol. The normalized spacial score (nSPS) is 22.4. The van der Waals surface area contributed by atoms with Crippen molar-refractivity contribution in [3.63, 3.8) is 0 Å². The Morgan fingerprint density at radius 3 is 2.27 bits per heavy atom. The maximum atomic E-state index is 13.7. The summed E-state index contributed by atoms with van der Waals surface area (Å²) in [5, 5.41) is 13.6. The van der Waals surface area contributed by atoms with Crippen molar-refractivity contribution in [2.24, 2.45) is 11.8 Å². The molecule has 3 rings (SSSR count). The predicted octanol–water partition coefficient (Wildman–Crippen LogP) is 2.59. The highest BCUT2D eigenvalue weighted by molar-refractivity contribution is 6.12. The van der Waals surface area contributed by atoms with Crippen LogP contribution in [0, 0.1) is 11.8 Å². The van der Waals surface area contributed by atoms with E-state index in [2.05, 4.69) is 5.32 Å². The van der Waals surface area contributed by atoms with Crippen LogP contribution < -0.4 is 14.8 Å². The van der Waals surface area contributed by atoms with Crippen molar-refractivity contribution >= 4 is 17.7 Å². The molecule has 0 saturated carbocycles. The van der Waals surface area contributed by atoms with Crippen LogP contribution in [-0.2, 0) is 23.9 Å². The van der Waals surface area contributed by atoms with Gasteiger partial charge in [-0.2, -0.15) is 0 Å². The highest BCUT2D eigenvalue weighted by Crippen LogP contribution is 2.48. The largest absolute Gasteiger partial charge is 0.502 e. The lowest BCUT2D eigenvalue weighted by Gasteiger charge is -2.38. The Morgan fingerprint density at radius 1 is 1.15 bits per heavy atom. The Morgan fingerprint density at radius 2 is 1.76 bits per heavy atom. The van der Waals surface area contributed by atoms with Gasteiger partial charge in [0, 0.05) is 22.9 Å². The molecule has 9 nitrogen and oxygen atoms in total. The molecule has 1 aromatic carbocycles. The van der Waals surface area contributed by atoms with E-state index in [0.29, 0.717) is 23.4 Å². The van der Waals surface area contributed by atoms with Crippen molar-refractivity contribution in [3.05, 3.63) is 40.2 Å². The Hall–Kier alpha value is -3.49. The van der Waals surface area contributed by atoms with Crippen LogP contribution >= 0.6 is 0 Å². The Kier molecular flexibility index (Phi) is 7.00. The number of dihydropyridines is 1. The van der Waals surface area contributed by atoms with E-state index >= 15 is 0 Å². The number of Topliss-reactive ketones (excluding diaryl/α,β-unsaturated/α-hetero) is 1. The van der Waals surface area contributed by atoms with E-state index in [9.17, 15) is 19.5 Å². The number of ketones is 1. The molecule has 33 heavy (non-hydrogen) atoms. The van der Waals surface area contributed by atoms with Crippen LogP contribution in [-0.4, -0.2) is 50.8 Å². The molecule has 0 bridgehead atoms. The second kappa shape index (κ2) is 9.56. The van der Waals surface area contributed by atoms with Crippen LogP contribution in [0.4, 0.5) is 0 Å². The molecule has 3 atom stereocenters. The molecule has 0 saturated heterocycles. The number of benzene rings is 1. The third kappa shape index (κ3) is 4.15. The maximum Gasteiger partial charge on any atom is 0.336 e. The van der Waals surface area contributed by atoms with Crippen LogP contribution in [0.1, 0.15) is 38.7 Å². The summed E-state index contributed by atoms with van der Waals surface area (Å²) in [5.41, 5.74) is 2.17. The van der Waals surface area contributed by atoms with Gasteiger partial charge in [0.2, 0.25) is 5.75 Å². The lowest BCUT2D eigenvalue weighted by Crippen LogP contribution is -2.43. The summed E-state index contributed by atoms with van der Waals surface area (Å²) >= 11 is 0. The molecular weight excluding hydrogens is 430 g/mol. The number of hydrogen-bond donors (Lipinski definition) is 2. The summed E-state index contributed by atoms with van der Waals surface area (Å²) in [7, 11) is 4.02. The van der Waals surface area contributed by atoms with Crippen LogP contribution in [0.5, 0.6) is 17.2 Å². The highest BCUT2D eigenvalue weighted by Gasteiger charge is 2.47. The second-order valence-corrected chi connectivity index (χ2v) is 8.03. The van der Waals surface area contributed by atoms with Crippen molar-refractivity contribution in [2.45, 2.75) is 33.1 Å². The van der Waals surface area contributed by atoms with E-state index in [1.807, 2.05) is 6.92 Å². The molecule has 1 aliphatic heterocycles. The quantitative estimate of drug-likeness (QED) is 0.488. The number of aromatic hydroxyl groups is 1. The zero-order valence-corrected chi connectivity index (χ0v) is 19.6. The minimum atomic E-state index is -0.999. The third-order valence-electron chi connectivity index (χ3n) is 6.07. The minimum Gasteiger partial charge on any atom is -0.502 e. The van der Waals surface area contributed by atoms with Crippen LogP contribution in [0.2, 0.25) is 0 Å². The van der Waals surface area contributed by atoms with E-state index in [1.165, 1.54) is 21.3 Å². The number of esters is 2. The molecule has 9 heteroatoms. The maximum absolute atomic E-state index is 13.7. The van der Waals surface area contributed by atoms with Crippen molar-refractivity contribution in [2.75, 3.05) is 27.9 Å². The van der Waals surface area contributed by atoms with Gasteiger partial charge in [-0.25, -0.2) is 4.79 Å². The topological polar surface area (TPSA) is 120 Å². The van der Waals surface area contributed by atoms with Gasteiger partial charge in [0.05, 0.1) is 33.5 Å². The molecule has 2 aliphatic rings. The number of rotatable bonds is 6. The summed E-state index contributed by atoms with van der Waals surface area (Å²) < 4.78 is 20.8. The average molecular weight is 459 g/mol. The molecule has 0 spiro atoms. The zero-order valence-electron chi connectivity index (χ0n) is 19.6. The predicted molar refractivity (Wildman–Crippen MR) is 118 cm³/mol.